The summed E-state index contributed by atoms with van der Waals surface area (Å²) in [7, 11) is 0. The van der Waals surface area contributed by atoms with E-state index in [1.165, 1.54) is 5.56 Å². The van der Waals surface area contributed by atoms with Crippen LogP contribution < -0.4 is 5.56 Å². The van der Waals surface area contributed by atoms with Crippen LogP contribution in [0.15, 0.2) is 65.6 Å². The molecule has 0 amide bonds. The van der Waals surface area contributed by atoms with Gasteiger partial charge in [0.1, 0.15) is 11.6 Å². The minimum atomic E-state index is -0.297. The molecule has 3 aromatic rings. The second-order valence-corrected chi connectivity index (χ2v) is 5.63. The minimum Gasteiger partial charge on any atom is -0.283 e. The molecule has 0 radical (unpaired) electrons. The van der Waals surface area contributed by atoms with E-state index in [0.29, 0.717) is 0 Å². The maximum absolute atomic E-state index is 12.5. The molecule has 0 unspecified atom stereocenters. The SMILES string of the molecule is Cc1ccc(-c2cc(C#N)c(=O)n(-c3cccc(C)c3)c2)cc1. The van der Waals surface area contributed by atoms with Gasteiger partial charge in [0.05, 0.1) is 0 Å². The molecule has 0 saturated heterocycles. The second kappa shape index (κ2) is 5.94. The molecule has 3 rings (SSSR count). The van der Waals surface area contributed by atoms with E-state index in [2.05, 4.69) is 0 Å². The molecule has 0 spiro atoms. The highest BCUT2D eigenvalue weighted by Gasteiger charge is 2.09. The van der Waals surface area contributed by atoms with Gasteiger partial charge in [-0.25, -0.2) is 0 Å². The average Bonchev–Trinajstić information content (AvgIpc) is 2.56. The molecular formula is C20H16N2O. The first kappa shape index (κ1) is 14.8. The Labute approximate surface area is 135 Å². The lowest BCUT2D eigenvalue weighted by molar-refractivity contribution is 0.982. The van der Waals surface area contributed by atoms with Crippen LogP contribution in [0.4, 0.5) is 0 Å². The number of nitriles is 1. The summed E-state index contributed by atoms with van der Waals surface area (Å²) in [6.45, 7) is 4.00. The molecule has 0 atom stereocenters. The highest BCUT2D eigenvalue weighted by atomic mass is 16.1. The third kappa shape index (κ3) is 2.93. The smallest absolute Gasteiger partial charge is 0.273 e. The summed E-state index contributed by atoms with van der Waals surface area (Å²) in [6.07, 6.45) is 1.79. The zero-order chi connectivity index (χ0) is 16.4. The van der Waals surface area contributed by atoms with Crippen LogP contribution in [0, 0.1) is 25.2 Å². The van der Waals surface area contributed by atoms with Gasteiger partial charge in [-0.2, -0.15) is 5.26 Å². The Bertz CT molecular complexity index is 960. The quantitative estimate of drug-likeness (QED) is 0.718. The Morgan fingerprint density at radius 1 is 0.913 bits per heavy atom. The van der Waals surface area contributed by atoms with Crippen molar-refractivity contribution in [1.82, 2.24) is 4.57 Å². The number of nitrogens with zero attached hydrogens (tertiary/aromatic N) is 2. The number of hydrogen-bond acceptors (Lipinski definition) is 2. The molecule has 23 heavy (non-hydrogen) atoms. The van der Waals surface area contributed by atoms with Gasteiger partial charge in [-0.15, -0.1) is 0 Å². The van der Waals surface area contributed by atoms with Crippen LogP contribution in [0.25, 0.3) is 16.8 Å². The summed E-state index contributed by atoms with van der Waals surface area (Å²) in [5.41, 5.74) is 4.67. The number of aryl methyl sites for hydroxylation is 2. The summed E-state index contributed by atoms with van der Waals surface area (Å²) in [6, 6.07) is 19.4. The van der Waals surface area contributed by atoms with Crippen LogP contribution in [-0.2, 0) is 0 Å². The van der Waals surface area contributed by atoms with Gasteiger partial charge in [-0.05, 0) is 48.7 Å². The standard InChI is InChI=1S/C20H16N2O/c1-14-6-8-16(9-7-14)18-11-17(12-21)20(23)22(13-18)19-5-3-4-15(2)10-19/h3-11,13H,1-2H3. The lowest BCUT2D eigenvalue weighted by atomic mass is 10.0. The van der Waals surface area contributed by atoms with E-state index in [4.69, 9.17) is 0 Å². The lowest BCUT2D eigenvalue weighted by Crippen LogP contribution is -2.20. The van der Waals surface area contributed by atoms with Gasteiger partial charge in [0.2, 0.25) is 0 Å². The molecule has 2 aromatic carbocycles. The normalized spacial score (nSPS) is 10.3. The van der Waals surface area contributed by atoms with E-state index in [1.807, 2.05) is 68.4 Å². The van der Waals surface area contributed by atoms with Crippen molar-refractivity contribution in [2.24, 2.45) is 0 Å². The molecular weight excluding hydrogens is 284 g/mol. The topological polar surface area (TPSA) is 45.8 Å². The molecule has 0 aliphatic carbocycles. The zero-order valence-electron chi connectivity index (χ0n) is 13.1. The van der Waals surface area contributed by atoms with Crippen molar-refractivity contribution >= 4 is 0 Å². The fourth-order valence-corrected chi connectivity index (χ4v) is 2.54. The van der Waals surface area contributed by atoms with E-state index in [1.54, 1.807) is 16.8 Å². The minimum absolute atomic E-state index is 0.143. The van der Waals surface area contributed by atoms with E-state index in [0.717, 1.165) is 22.4 Å². The molecule has 0 bridgehead atoms. The number of rotatable bonds is 2. The molecule has 0 saturated carbocycles. The highest BCUT2D eigenvalue weighted by molar-refractivity contribution is 5.65. The van der Waals surface area contributed by atoms with Crippen molar-refractivity contribution in [1.29, 1.82) is 5.26 Å². The van der Waals surface area contributed by atoms with Gasteiger partial charge < -0.3 is 0 Å². The zero-order valence-corrected chi connectivity index (χ0v) is 13.1. The fourth-order valence-electron chi connectivity index (χ4n) is 2.54. The molecule has 1 heterocycles. The molecule has 0 aliphatic rings. The molecule has 3 nitrogen and oxygen atoms in total. The van der Waals surface area contributed by atoms with Gasteiger partial charge in [-0.1, -0.05) is 42.0 Å². The summed E-state index contributed by atoms with van der Waals surface area (Å²) >= 11 is 0. The number of aromatic nitrogens is 1. The van der Waals surface area contributed by atoms with Crippen LogP contribution in [0.1, 0.15) is 16.7 Å². The molecule has 0 aliphatic heterocycles. The number of hydrogen-bond donors (Lipinski definition) is 0. The van der Waals surface area contributed by atoms with Crippen LogP contribution in [0.5, 0.6) is 0 Å². The maximum Gasteiger partial charge on any atom is 0.273 e. The van der Waals surface area contributed by atoms with Gasteiger partial charge in [0, 0.05) is 11.9 Å². The Morgan fingerprint density at radius 2 is 1.65 bits per heavy atom. The average molecular weight is 300 g/mol. The van der Waals surface area contributed by atoms with Crippen molar-refractivity contribution in [3.8, 4) is 22.9 Å². The largest absolute Gasteiger partial charge is 0.283 e. The van der Waals surface area contributed by atoms with Crippen LogP contribution in [0.3, 0.4) is 0 Å². The summed E-state index contributed by atoms with van der Waals surface area (Å²) in [4.78, 5) is 12.5. The fraction of sp³-hybridized carbons (Fsp3) is 0.100. The lowest BCUT2D eigenvalue weighted by Gasteiger charge is -2.10. The van der Waals surface area contributed by atoms with Gasteiger partial charge in [-0.3, -0.25) is 9.36 Å². The van der Waals surface area contributed by atoms with E-state index in [-0.39, 0.29) is 11.1 Å². The van der Waals surface area contributed by atoms with Crippen molar-refractivity contribution < 1.29 is 0 Å². The maximum atomic E-state index is 12.5. The van der Waals surface area contributed by atoms with Crippen LogP contribution in [0.2, 0.25) is 0 Å². The van der Waals surface area contributed by atoms with Crippen LogP contribution in [-0.4, -0.2) is 4.57 Å². The third-order valence-electron chi connectivity index (χ3n) is 3.80. The predicted octanol–water partition coefficient (Wildman–Crippen LogP) is 3.99. The predicted molar refractivity (Wildman–Crippen MR) is 91.7 cm³/mol. The van der Waals surface area contributed by atoms with E-state index in [9.17, 15) is 10.1 Å². The Balaban J connectivity index is 2.24. The number of benzene rings is 2. The van der Waals surface area contributed by atoms with Gasteiger partial charge in [0.15, 0.2) is 0 Å². The second-order valence-electron chi connectivity index (χ2n) is 5.63. The van der Waals surface area contributed by atoms with Gasteiger partial charge >= 0.3 is 0 Å². The summed E-state index contributed by atoms with van der Waals surface area (Å²) in [5, 5.41) is 9.30. The van der Waals surface area contributed by atoms with Crippen molar-refractivity contribution in [2.75, 3.05) is 0 Å². The Hall–Kier alpha value is -3.12. The van der Waals surface area contributed by atoms with Gasteiger partial charge in [0.25, 0.3) is 5.56 Å². The molecule has 0 N–H and O–H groups in total. The molecule has 0 fully saturated rings. The first-order valence-corrected chi connectivity index (χ1v) is 7.39. The van der Waals surface area contributed by atoms with Crippen molar-refractivity contribution in [3.63, 3.8) is 0 Å². The van der Waals surface area contributed by atoms with Crippen molar-refractivity contribution in [2.45, 2.75) is 13.8 Å². The molecule has 1 aromatic heterocycles. The molecule has 112 valence electrons. The summed E-state index contributed by atoms with van der Waals surface area (Å²) < 4.78 is 1.54. The third-order valence-corrected chi connectivity index (χ3v) is 3.80. The molecule has 3 heteroatoms. The number of pyridine rings is 1. The van der Waals surface area contributed by atoms with Crippen LogP contribution >= 0.6 is 0 Å². The summed E-state index contributed by atoms with van der Waals surface area (Å²) in [5.74, 6) is 0. The Kier molecular flexibility index (Phi) is 3.82. The first-order valence-electron chi connectivity index (χ1n) is 7.39. The van der Waals surface area contributed by atoms with E-state index >= 15 is 0 Å². The first-order chi connectivity index (χ1) is 11.1. The van der Waals surface area contributed by atoms with Crippen molar-refractivity contribution in [3.05, 3.63) is 87.8 Å². The van der Waals surface area contributed by atoms with E-state index < -0.39 is 0 Å². The highest BCUT2D eigenvalue weighted by Crippen LogP contribution is 2.21. The monoisotopic (exact) mass is 300 g/mol. The Morgan fingerprint density at radius 3 is 2.30 bits per heavy atom.